The maximum atomic E-state index is 10.4. The molecule has 1 aromatic heterocycles. The van der Waals surface area contributed by atoms with E-state index in [1.165, 1.54) is 0 Å². The van der Waals surface area contributed by atoms with Crippen molar-refractivity contribution in [1.82, 2.24) is 5.16 Å². The number of hydrogen-bond acceptors (Lipinski definition) is 4. The van der Waals surface area contributed by atoms with Gasteiger partial charge in [-0.3, -0.25) is 4.79 Å². The number of aromatic nitrogens is 1. The minimum absolute atomic E-state index is 0.0162. The summed E-state index contributed by atoms with van der Waals surface area (Å²) in [5, 5.41) is 11.5. The van der Waals surface area contributed by atoms with Crippen LogP contribution in [0.5, 0.6) is 0 Å². The lowest BCUT2D eigenvalue weighted by Gasteiger charge is -1.82. The molecule has 50 valence electrons. The lowest BCUT2D eigenvalue weighted by Crippen LogP contribution is -2.10. The van der Waals surface area contributed by atoms with Crippen molar-refractivity contribution in [2.24, 2.45) is 5.73 Å². The number of amides is 1. The molecule has 1 heterocycles. The van der Waals surface area contributed by atoms with Crippen molar-refractivity contribution in [3.05, 3.63) is 17.5 Å². The van der Waals surface area contributed by atoms with Crippen LogP contribution in [-0.2, 0) is 0 Å². The third-order valence-corrected chi connectivity index (χ3v) is 0.937. The molecule has 0 spiro atoms. The van der Waals surface area contributed by atoms with E-state index in [-0.39, 0.29) is 11.3 Å². The van der Waals surface area contributed by atoms with Crippen LogP contribution in [0.4, 0.5) is 0 Å². The maximum Gasteiger partial charge on any atom is 0.255 e. The average molecular weight is 137 g/mol. The summed E-state index contributed by atoms with van der Waals surface area (Å²) < 4.78 is 4.36. The van der Waals surface area contributed by atoms with Crippen molar-refractivity contribution < 1.29 is 9.32 Å². The van der Waals surface area contributed by atoms with Gasteiger partial charge in [-0.05, 0) is 0 Å². The molecule has 0 atom stereocenters. The summed E-state index contributed by atoms with van der Waals surface area (Å²) >= 11 is 0. The van der Waals surface area contributed by atoms with Gasteiger partial charge in [-0.1, -0.05) is 5.16 Å². The molecule has 0 unspecified atom stereocenters. The molecule has 5 nitrogen and oxygen atoms in total. The van der Waals surface area contributed by atoms with Crippen LogP contribution in [0.15, 0.2) is 10.7 Å². The Balaban J connectivity index is 3.17. The van der Waals surface area contributed by atoms with Crippen LogP contribution >= 0.6 is 0 Å². The van der Waals surface area contributed by atoms with Gasteiger partial charge in [0.1, 0.15) is 11.6 Å². The zero-order valence-corrected chi connectivity index (χ0v) is 4.87. The smallest absolute Gasteiger partial charge is 0.255 e. The third kappa shape index (κ3) is 0.821. The first-order valence-corrected chi connectivity index (χ1v) is 2.40. The lowest BCUT2D eigenvalue weighted by atomic mass is 10.3. The predicted octanol–water partition coefficient (Wildman–Crippen LogP) is -0.355. The normalized spacial score (nSPS) is 8.70. The predicted molar refractivity (Wildman–Crippen MR) is 29.7 cm³/mol. The Bertz CT molecular complexity index is 296. The Morgan fingerprint density at radius 1 is 1.90 bits per heavy atom. The van der Waals surface area contributed by atoms with E-state index in [4.69, 9.17) is 11.0 Å². The van der Waals surface area contributed by atoms with Crippen LogP contribution in [0.2, 0.25) is 0 Å². The Kier molecular flexibility index (Phi) is 1.38. The van der Waals surface area contributed by atoms with Crippen LogP contribution in [0, 0.1) is 11.3 Å². The number of hydrogen-bond donors (Lipinski definition) is 1. The highest BCUT2D eigenvalue weighted by Crippen LogP contribution is 2.03. The lowest BCUT2D eigenvalue weighted by molar-refractivity contribution is 0.0999. The van der Waals surface area contributed by atoms with Gasteiger partial charge in [0.05, 0.1) is 6.20 Å². The summed E-state index contributed by atoms with van der Waals surface area (Å²) in [6, 6.07) is 1.63. The number of carbonyl (C=O) groups is 1. The van der Waals surface area contributed by atoms with E-state index >= 15 is 0 Å². The topological polar surface area (TPSA) is 92.9 Å². The van der Waals surface area contributed by atoms with Gasteiger partial charge in [-0.25, -0.2) is 0 Å². The molecule has 1 rings (SSSR count). The SMILES string of the molecule is N#Cc1oncc1C(N)=O. The van der Waals surface area contributed by atoms with E-state index in [0.29, 0.717) is 0 Å². The number of nitrogens with zero attached hydrogens (tertiary/aromatic N) is 2. The molecule has 1 aromatic rings. The molecule has 0 aliphatic carbocycles. The van der Waals surface area contributed by atoms with E-state index in [0.717, 1.165) is 6.20 Å². The van der Waals surface area contributed by atoms with Gasteiger partial charge >= 0.3 is 0 Å². The third-order valence-electron chi connectivity index (χ3n) is 0.937. The molecule has 0 bridgehead atoms. The molecule has 5 heteroatoms. The van der Waals surface area contributed by atoms with Crippen LogP contribution in [0.25, 0.3) is 0 Å². The highest BCUT2D eigenvalue weighted by Gasteiger charge is 2.11. The number of carbonyl (C=O) groups excluding carboxylic acids is 1. The molecule has 0 fully saturated rings. The highest BCUT2D eigenvalue weighted by molar-refractivity contribution is 5.94. The van der Waals surface area contributed by atoms with E-state index < -0.39 is 5.91 Å². The van der Waals surface area contributed by atoms with Gasteiger partial charge in [0.2, 0.25) is 5.76 Å². The van der Waals surface area contributed by atoms with Gasteiger partial charge in [-0.2, -0.15) is 5.26 Å². The monoisotopic (exact) mass is 137 g/mol. The summed E-state index contributed by atoms with van der Waals surface area (Å²) in [6.45, 7) is 0. The molecule has 0 saturated heterocycles. The summed E-state index contributed by atoms with van der Waals surface area (Å²) in [5.41, 5.74) is 4.86. The summed E-state index contributed by atoms with van der Waals surface area (Å²) in [6.07, 6.45) is 1.11. The van der Waals surface area contributed by atoms with Gasteiger partial charge in [0, 0.05) is 0 Å². The summed E-state index contributed by atoms with van der Waals surface area (Å²) in [4.78, 5) is 10.4. The molecule has 1 amide bonds. The summed E-state index contributed by atoms with van der Waals surface area (Å²) in [5.74, 6) is -0.856. The second-order valence-electron chi connectivity index (χ2n) is 1.54. The van der Waals surface area contributed by atoms with Crippen molar-refractivity contribution in [3.8, 4) is 6.07 Å². The quantitative estimate of drug-likeness (QED) is 0.572. The first kappa shape index (κ1) is 6.29. The van der Waals surface area contributed by atoms with Crippen molar-refractivity contribution in [2.45, 2.75) is 0 Å². The molecule has 0 saturated carbocycles. The fraction of sp³-hybridized carbons (Fsp3) is 0. The van der Waals surface area contributed by atoms with Gasteiger partial charge in [0.15, 0.2) is 0 Å². The number of rotatable bonds is 1. The first-order chi connectivity index (χ1) is 4.75. The Labute approximate surface area is 56.0 Å². The molecule has 0 aliphatic rings. The number of nitrogens with two attached hydrogens (primary N) is 1. The van der Waals surface area contributed by atoms with Crippen LogP contribution in [-0.4, -0.2) is 11.1 Å². The molecule has 0 aliphatic heterocycles. The van der Waals surface area contributed by atoms with Crippen molar-refractivity contribution >= 4 is 5.91 Å². The fourth-order valence-corrected chi connectivity index (χ4v) is 0.496. The minimum Gasteiger partial charge on any atom is -0.365 e. The number of nitriles is 1. The van der Waals surface area contributed by atoms with Gasteiger partial charge < -0.3 is 10.3 Å². The van der Waals surface area contributed by atoms with Gasteiger partial charge in [-0.15, -0.1) is 0 Å². The highest BCUT2D eigenvalue weighted by atomic mass is 16.5. The molecule has 0 radical (unpaired) electrons. The molecule has 2 N–H and O–H groups in total. The Morgan fingerprint density at radius 2 is 2.60 bits per heavy atom. The van der Waals surface area contributed by atoms with Crippen LogP contribution < -0.4 is 5.73 Å². The second-order valence-corrected chi connectivity index (χ2v) is 1.54. The van der Waals surface area contributed by atoms with Crippen molar-refractivity contribution in [2.75, 3.05) is 0 Å². The maximum absolute atomic E-state index is 10.4. The molecule has 10 heavy (non-hydrogen) atoms. The van der Waals surface area contributed by atoms with E-state index in [9.17, 15) is 4.79 Å². The minimum atomic E-state index is -0.710. The van der Waals surface area contributed by atoms with E-state index in [2.05, 4.69) is 9.68 Å². The van der Waals surface area contributed by atoms with Crippen LogP contribution in [0.1, 0.15) is 16.1 Å². The first-order valence-electron chi connectivity index (χ1n) is 2.40. The number of primary amides is 1. The largest absolute Gasteiger partial charge is 0.365 e. The molecular weight excluding hydrogens is 134 g/mol. The van der Waals surface area contributed by atoms with Crippen molar-refractivity contribution in [1.29, 1.82) is 5.26 Å². The average Bonchev–Trinajstić information content (AvgIpc) is 2.33. The Hall–Kier alpha value is -1.83. The zero-order chi connectivity index (χ0) is 7.56. The second kappa shape index (κ2) is 2.19. The van der Waals surface area contributed by atoms with E-state index in [1.54, 1.807) is 6.07 Å². The zero-order valence-electron chi connectivity index (χ0n) is 4.87. The van der Waals surface area contributed by atoms with Gasteiger partial charge in [0.25, 0.3) is 5.91 Å². The summed E-state index contributed by atoms with van der Waals surface area (Å²) in [7, 11) is 0. The Morgan fingerprint density at radius 3 is 3.00 bits per heavy atom. The fourth-order valence-electron chi connectivity index (χ4n) is 0.496. The molecular formula is C5H3N3O2. The van der Waals surface area contributed by atoms with E-state index in [1.807, 2.05) is 0 Å². The van der Waals surface area contributed by atoms with Crippen molar-refractivity contribution in [3.63, 3.8) is 0 Å². The van der Waals surface area contributed by atoms with Crippen LogP contribution in [0.3, 0.4) is 0 Å². The molecule has 0 aromatic carbocycles. The standard InChI is InChI=1S/C5H3N3O2/c6-1-4-3(5(7)9)2-8-10-4/h2H,(H2,7,9).